The number of alkyl halides is 3. The SMILES string of the molecule is CC(C)(C)[C@H](N)C(=O)NCCOc1ncc(C(F)(F)F)cc1Cl.Cl.Cl. The average molecular weight is 427 g/mol. The first kappa shape index (κ1) is 26.3. The first-order chi connectivity index (χ1) is 10.4. The molecule has 0 aromatic carbocycles. The van der Waals surface area contributed by atoms with Gasteiger partial charge in [-0.05, 0) is 11.5 Å². The fourth-order valence-corrected chi connectivity index (χ4v) is 1.73. The van der Waals surface area contributed by atoms with E-state index >= 15 is 0 Å². The van der Waals surface area contributed by atoms with E-state index in [1.165, 1.54) is 0 Å². The number of rotatable bonds is 5. The van der Waals surface area contributed by atoms with Gasteiger partial charge in [0.1, 0.15) is 11.6 Å². The van der Waals surface area contributed by atoms with Crippen LogP contribution >= 0.6 is 36.4 Å². The van der Waals surface area contributed by atoms with Crippen LogP contribution in [0.5, 0.6) is 5.88 Å². The van der Waals surface area contributed by atoms with E-state index in [0.717, 1.165) is 6.07 Å². The van der Waals surface area contributed by atoms with Crippen molar-refractivity contribution >= 4 is 42.3 Å². The third-order valence-corrected chi connectivity index (χ3v) is 3.26. The van der Waals surface area contributed by atoms with Gasteiger partial charge in [0, 0.05) is 6.20 Å². The quantitative estimate of drug-likeness (QED) is 0.707. The van der Waals surface area contributed by atoms with Crippen molar-refractivity contribution in [3.05, 3.63) is 22.8 Å². The predicted octanol–water partition coefficient (Wildman–Crippen LogP) is 3.47. The largest absolute Gasteiger partial charge is 0.475 e. The van der Waals surface area contributed by atoms with Gasteiger partial charge in [-0.2, -0.15) is 13.2 Å². The van der Waals surface area contributed by atoms with Crippen LogP contribution in [0.3, 0.4) is 0 Å². The summed E-state index contributed by atoms with van der Waals surface area (Å²) in [6.07, 6.45) is -3.89. The lowest BCUT2D eigenvalue weighted by Crippen LogP contribution is -2.49. The number of nitrogens with zero attached hydrogens (tertiary/aromatic N) is 1. The average Bonchev–Trinajstić information content (AvgIpc) is 2.41. The molecule has 146 valence electrons. The molecule has 11 heteroatoms. The van der Waals surface area contributed by atoms with Crippen molar-refractivity contribution in [1.82, 2.24) is 10.3 Å². The Hall–Kier alpha value is -0.960. The van der Waals surface area contributed by atoms with Crippen LogP contribution in [0.25, 0.3) is 0 Å². The van der Waals surface area contributed by atoms with Crippen molar-refractivity contribution in [2.24, 2.45) is 11.1 Å². The van der Waals surface area contributed by atoms with Crippen LogP contribution in [0.1, 0.15) is 26.3 Å². The minimum atomic E-state index is -4.52. The number of carbonyl (C=O) groups is 1. The molecule has 1 atom stereocenters. The Labute approximate surface area is 161 Å². The van der Waals surface area contributed by atoms with Crippen molar-refractivity contribution in [2.45, 2.75) is 33.0 Å². The molecule has 0 saturated carbocycles. The molecule has 0 aliphatic carbocycles. The highest BCUT2D eigenvalue weighted by atomic mass is 35.5. The molecule has 1 heterocycles. The molecule has 0 spiro atoms. The van der Waals surface area contributed by atoms with E-state index in [1.54, 1.807) is 0 Å². The summed E-state index contributed by atoms with van der Waals surface area (Å²) in [5, 5.41) is 2.32. The van der Waals surface area contributed by atoms with Crippen molar-refractivity contribution in [1.29, 1.82) is 0 Å². The zero-order valence-corrected chi connectivity index (χ0v) is 16.2. The number of carbonyl (C=O) groups excluding carboxylic acids is 1. The molecule has 0 fully saturated rings. The summed E-state index contributed by atoms with van der Waals surface area (Å²) in [5.74, 6) is -0.471. The van der Waals surface area contributed by atoms with Crippen LogP contribution in [0.2, 0.25) is 5.02 Å². The molecular formula is C14H21Cl3F3N3O2. The second-order valence-corrected chi connectivity index (χ2v) is 6.40. The number of ether oxygens (including phenoxy) is 1. The molecule has 1 aromatic rings. The van der Waals surface area contributed by atoms with Gasteiger partial charge in [-0.1, -0.05) is 32.4 Å². The number of amides is 1. The van der Waals surface area contributed by atoms with Crippen LogP contribution < -0.4 is 15.8 Å². The van der Waals surface area contributed by atoms with E-state index < -0.39 is 17.8 Å². The first-order valence-electron chi connectivity index (χ1n) is 6.81. The summed E-state index contributed by atoms with van der Waals surface area (Å²) < 4.78 is 42.6. The topological polar surface area (TPSA) is 77.2 Å². The molecule has 0 aliphatic heterocycles. The Morgan fingerprint density at radius 1 is 1.36 bits per heavy atom. The molecule has 1 rings (SSSR count). The Morgan fingerprint density at radius 2 is 1.92 bits per heavy atom. The molecular weight excluding hydrogens is 406 g/mol. The third-order valence-electron chi connectivity index (χ3n) is 2.99. The molecule has 25 heavy (non-hydrogen) atoms. The lowest BCUT2D eigenvalue weighted by molar-refractivity contribution is -0.137. The maximum Gasteiger partial charge on any atom is 0.417 e. The molecule has 0 unspecified atom stereocenters. The Balaban J connectivity index is 0. The predicted molar refractivity (Wildman–Crippen MR) is 94.7 cm³/mol. The van der Waals surface area contributed by atoms with Gasteiger partial charge in [-0.25, -0.2) is 4.98 Å². The van der Waals surface area contributed by atoms with E-state index in [-0.39, 0.29) is 60.2 Å². The maximum atomic E-state index is 12.5. The summed E-state index contributed by atoms with van der Waals surface area (Å²) in [5.41, 5.74) is 4.43. The van der Waals surface area contributed by atoms with Crippen molar-refractivity contribution < 1.29 is 22.7 Å². The highest BCUT2D eigenvalue weighted by molar-refractivity contribution is 6.31. The van der Waals surface area contributed by atoms with Gasteiger partial charge in [0.15, 0.2) is 0 Å². The second kappa shape index (κ2) is 10.3. The van der Waals surface area contributed by atoms with E-state index in [4.69, 9.17) is 22.1 Å². The monoisotopic (exact) mass is 425 g/mol. The van der Waals surface area contributed by atoms with E-state index in [9.17, 15) is 18.0 Å². The highest BCUT2D eigenvalue weighted by Gasteiger charge is 2.32. The van der Waals surface area contributed by atoms with Crippen LogP contribution in [0.15, 0.2) is 12.3 Å². The van der Waals surface area contributed by atoms with Gasteiger partial charge >= 0.3 is 6.18 Å². The van der Waals surface area contributed by atoms with Gasteiger partial charge in [-0.3, -0.25) is 4.79 Å². The van der Waals surface area contributed by atoms with E-state index in [0.29, 0.717) is 6.20 Å². The Bertz CT molecular complexity index is 566. The number of aromatic nitrogens is 1. The fraction of sp³-hybridized carbons (Fsp3) is 0.571. The number of halogens is 6. The lowest BCUT2D eigenvalue weighted by Gasteiger charge is -2.25. The lowest BCUT2D eigenvalue weighted by atomic mass is 9.87. The smallest absolute Gasteiger partial charge is 0.417 e. The fourth-order valence-electron chi connectivity index (χ4n) is 1.51. The standard InChI is InChI=1S/C14H19ClF3N3O2.2ClH/c1-13(2,3)10(19)11(22)20-4-5-23-12-9(15)6-8(7-21-12)14(16,17)18;;/h6-7,10H,4-5,19H2,1-3H3,(H,20,22);2*1H/t10-;;/m1../s1. The number of hydrogen-bond donors (Lipinski definition) is 2. The maximum absolute atomic E-state index is 12.5. The zero-order chi connectivity index (χ0) is 17.8. The molecule has 0 bridgehead atoms. The van der Waals surface area contributed by atoms with Crippen LogP contribution in [0.4, 0.5) is 13.2 Å². The van der Waals surface area contributed by atoms with Gasteiger partial charge in [0.2, 0.25) is 11.8 Å². The van der Waals surface area contributed by atoms with E-state index in [1.807, 2.05) is 20.8 Å². The molecule has 5 nitrogen and oxygen atoms in total. The van der Waals surface area contributed by atoms with Crippen LogP contribution in [0, 0.1) is 5.41 Å². The summed E-state index contributed by atoms with van der Waals surface area (Å²) in [7, 11) is 0. The minimum absolute atomic E-state index is 0. The zero-order valence-electron chi connectivity index (χ0n) is 13.8. The van der Waals surface area contributed by atoms with Crippen molar-refractivity contribution in [3.8, 4) is 5.88 Å². The van der Waals surface area contributed by atoms with Gasteiger partial charge in [0.05, 0.1) is 18.2 Å². The molecule has 1 amide bonds. The third kappa shape index (κ3) is 8.31. The van der Waals surface area contributed by atoms with Gasteiger partial charge < -0.3 is 15.8 Å². The minimum Gasteiger partial charge on any atom is -0.475 e. The van der Waals surface area contributed by atoms with Crippen LogP contribution in [-0.4, -0.2) is 30.1 Å². The molecule has 0 saturated heterocycles. The number of nitrogens with one attached hydrogen (secondary N) is 1. The number of nitrogens with two attached hydrogens (primary N) is 1. The number of pyridine rings is 1. The second-order valence-electron chi connectivity index (χ2n) is 5.99. The summed E-state index contributed by atoms with van der Waals surface area (Å²) in [6, 6.07) is 0.0492. The molecule has 3 N–H and O–H groups in total. The normalized spacial score (nSPS) is 12.5. The van der Waals surface area contributed by atoms with Crippen molar-refractivity contribution in [2.75, 3.05) is 13.2 Å². The molecule has 1 aromatic heterocycles. The molecule has 0 aliphatic rings. The first-order valence-corrected chi connectivity index (χ1v) is 7.19. The summed E-state index contributed by atoms with van der Waals surface area (Å²) >= 11 is 5.69. The summed E-state index contributed by atoms with van der Waals surface area (Å²) in [4.78, 5) is 15.3. The molecule has 0 radical (unpaired) electrons. The Morgan fingerprint density at radius 3 is 2.36 bits per heavy atom. The van der Waals surface area contributed by atoms with Crippen molar-refractivity contribution in [3.63, 3.8) is 0 Å². The Kier molecular flexibility index (Phi) is 10.8. The highest BCUT2D eigenvalue weighted by Crippen LogP contribution is 2.32. The van der Waals surface area contributed by atoms with Crippen LogP contribution in [-0.2, 0) is 11.0 Å². The summed E-state index contributed by atoms with van der Waals surface area (Å²) in [6.45, 7) is 5.63. The van der Waals surface area contributed by atoms with Gasteiger partial charge in [-0.15, -0.1) is 24.8 Å². The number of hydrogen-bond acceptors (Lipinski definition) is 4. The van der Waals surface area contributed by atoms with E-state index in [2.05, 4.69) is 10.3 Å². The van der Waals surface area contributed by atoms with Gasteiger partial charge in [0.25, 0.3) is 0 Å².